The second kappa shape index (κ2) is 2.35. The zero-order valence-electron chi connectivity index (χ0n) is 8.15. The van der Waals surface area contributed by atoms with Gasteiger partial charge in [0.15, 0.2) is 0 Å². The third kappa shape index (κ3) is 1.11. The average molecular weight is 166 g/mol. The SMILES string of the molecule is C=C1CC(C)(C)CC12CCCO2. The summed E-state index contributed by atoms with van der Waals surface area (Å²) in [5.74, 6) is 0. The van der Waals surface area contributed by atoms with Crippen molar-refractivity contribution in [2.75, 3.05) is 6.61 Å². The molecule has 1 atom stereocenters. The zero-order chi connectivity index (χ0) is 8.82. The lowest BCUT2D eigenvalue weighted by atomic mass is 9.88. The topological polar surface area (TPSA) is 9.23 Å². The van der Waals surface area contributed by atoms with Crippen LogP contribution in [0.1, 0.15) is 39.5 Å². The highest BCUT2D eigenvalue weighted by molar-refractivity contribution is 5.23. The predicted octanol–water partition coefficient (Wildman–Crippen LogP) is 2.91. The Morgan fingerprint density at radius 3 is 2.58 bits per heavy atom. The summed E-state index contributed by atoms with van der Waals surface area (Å²) in [4.78, 5) is 0. The average Bonchev–Trinajstić information content (AvgIpc) is 2.42. The Balaban J connectivity index is 2.23. The summed E-state index contributed by atoms with van der Waals surface area (Å²) in [7, 11) is 0. The summed E-state index contributed by atoms with van der Waals surface area (Å²) >= 11 is 0. The highest BCUT2D eigenvalue weighted by Gasteiger charge is 2.48. The van der Waals surface area contributed by atoms with E-state index in [1.54, 1.807) is 0 Å². The van der Waals surface area contributed by atoms with Crippen LogP contribution in [0.25, 0.3) is 0 Å². The Bertz CT molecular complexity index is 209. The first kappa shape index (κ1) is 8.31. The number of hydrogen-bond donors (Lipinski definition) is 0. The first-order chi connectivity index (χ1) is 5.54. The van der Waals surface area contributed by atoms with Gasteiger partial charge in [0.1, 0.15) is 0 Å². The molecule has 1 unspecified atom stereocenters. The van der Waals surface area contributed by atoms with E-state index in [9.17, 15) is 0 Å². The molecule has 1 saturated carbocycles. The molecule has 0 aromatic carbocycles. The van der Waals surface area contributed by atoms with E-state index in [2.05, 4.69) is 20.4 Å². The van der Waals surface area contributed by atoms with Crippen LogP contribution in [0.2, 0.25) is 0 Å². The van der Waals surface area contributed by atoms with Crippen molar-refractivity contribution >= 4 is 0 Å². The molecule has 1 heteroatoms. The molecule has 0 bridgehead atoms. The van der Waals surface area contributed by atoms with Gasteiger partial charge in [-0.2, -0.15) is 0 Å². The molecule has 1 saturated heterocycles. The van der Waals surface area contributed by atoms with Crippen molar-refractivity contribution in [3.63, 3.8) is 0 Å². The van der Waals surface area contributed by atoms with E-state index in [1.807, 2.05) is 0 Å². The molecule has 0 N–H and O–H groups in total. The number of hydrogen-bond acceptors (Lipinski definition) is 1. The fourth-order valence-electron chi connectivity index (χ4n) is 2.81. The van der Waals surface area contributed by atoms with Crippen molar-refractivity contribution in [1.82, 2.24) is 0 Å². The molecule has 0 aromatic heterocycles. The van der Waals surface area contributed by atoms with Gasteiger partial charge in [-0.15, -0.1) is 0 Å². The van der Waals surface area contributed by atoms with Crippen LogP contribution in [-0.4, -0.2) is 12.2 Å². The van der Waals surface area contributed by atoms with E-state index in [-0.39, 0.29) is 5.60 Å². The molecular formula is C11H18O. The monoisotopic (exact) mass is 166 g/mol. The Labute approximate surface area is 74.8 Å². The fourth-order valence-corrected chi connectivity index (χ4v) is 2.81. The van der Waals surface area contributed by atoms with Crippen LogP contribution in [0.3, 0.4) is 0 Å². The van der Waals surface area contributed by atoms with Gasteiger partial charge < -0.3 is 4.74 Å². The van der Waals surface area contributed by atoms with E-state index in [1.165, 1.54) is 24.8 Å². The minimum atomic E-state index is 0.0868. The van der Waals surface area contributed by atoms with Gasteiger partial charge >= 0.3 is 0 Å². The molecule has 0 radical (unpaired) electrons. The molecule has 0 aromatic rings. The van der Waals surface area contributed by atoms with Gasteiger partial charge in [0, 0.05) is 6.61 Å². The minimum absolute atomic E-state index is 0.0868. The number of rotatable bonds is 0. The van der Waals surface area contributed by atoms with Crippen LogP contribution < -0.4 is 0 Å². The fraction of sp³-hybridized carbons (Fsp3) is 0.818. The van der Waals surface area contributed by atoms with E-state index < -0.39 is 0 Å². The Kier molecular flexibility index (Phi) is 1.63. The minimum Gasteiger partial charge on any atom is -0.371 e. The Hall–Kier alpha value is -0.300. The number of ether oxygens (including phenoxy) is 1. The highest BCUT2D eigenvalue weighted by Crippen LogP contribution is 2.52. The van der Waals surface area contributed by atoms with Crippen molar-refractivity contribution in [1.29, 1.82) is 0 Å². The standard InChI is InChI=1S/C11H18O/c1-9-7-10(2,3)8-11(9)5-4-6-12-11/h1,4-8H2,2-3H3. The summed E-state index contributed by atoms with van der Waals surface area (Å²) in [5, 5.41) is 0. The zero-order valence-corrected chi connectivity index (χ0v) is 8.15. The Morgan fingerprint density at radius 1 is 1.42 bits per heavy atom. The lowest BCUT2D eigenvalue weighted by Crippen LogP contribution is -2.26. The molecule has 2 rings (SSSR count). The Morgan fingerprint density at radius 2 is 2.17 bits per heavy atom. The van der Waals surface area contributed by atoms with Gasteiger partial charge in [-0.25, -0.2) is 0 Å². The maximum absolute atomic E-state index is 5.85. The van der Waals surface area contributed by atoms with E-state index >= 15 is 0 Å². The van der Waals surface area contributed by atoms with E-state index in [0.29, 0.717) is 5.41 Å². The van der Waals surface area contributed by atoms with Crippen LogP contribution in [0.15, 0.2) is 12.2 Å². The first-order valence-corrected chi connectivity index (χ1v) is 4.86. The molecule has 1 heterocycles. The molecule has 1 nitrogen and oxygen atoms in total. The molecule has 1 aliphatic carbocycles. The molecule has 12 heavy (non-hydrogen) atoms. The van der Waals surface area contributed by atoms with Crippen LogP contribution in [0.5, 0.6) is 0 Å². The molecule has 2 fully saturated rings. The van der Waals surface area contributed by atoms with Crippen molar-refractivity contribution in [2.24, 2.45) is 5.41 Å². The third-order valence-corrected chi connectivity index (χ3v) is 3.20. The first-order valence-electron chi connectivity index (χ1n) is 4.86. The quantitative estimate of drug-likeness (QED) is 0.503. The second-order valence-electron chi connectivity index (χ2n) is 5.07. The molecule has 1 spiro atoms. The molecule has 0 amide bonds. The van der Waals surface area contributed by atoms with Gasteiger partial charge in [0.25, 0.3) is 0 Å². The third-order valence-electron chi connectivity index (χ3n) is 3.20. The van der Waals surface area contributed by atoms with Gasteiger partial charge in [-0.1, -0.05) is 20.4 Å². The lowest BCUT2D eigenvalue weighted by molar-refractivity contribution is 0.0286. The summed E-state index contributed by atoms with van der Waals surface area (Å²) in [6, 6.07) is 0. The van der Waals surface area contributed by atoms with E-state index in [4.69, 9.17) is 4.74 Å². The van der Waals surface area contributed by atoms with Crippen LogP contribution in [-0.2, 0) is 4.74 Å². The molecule has 2 aliphatic rings. The second-order valence-corrected chi connectivity index (χ2v) is 5.07. The maximum Gasteiger partial charge on any atom is 0.0895 e. The molecule has 68 valence electrons. The molecular weight excluding hydrogens is 148 g/mol. The normalized spacial score (nSPS) is 39.7. The van der Waals surface area contributed by atoms with Crippen molar-refractivity contribution in [3.05, 3.63) is 12.2 Å². The van der Waals surface area contributed by atoms with Gasteiger partial charge in [0.2, 0.25) is 0 Å². The van der Waals surface area contributed by atoms with Crippen LogP contribution in [0, 0.1) is 5.41 Å². The van der Waals surface area contributed by atoms with Gasteiger partial charge in [0.05, 0.1) is 5.60 Å². The van der Waals surface area contributed by atoms with Crippen molar-refractivity contribution in [2.45, 2.75) is 45.1 Å². The van der Waals surface area contributed by atoms with E-state index in [0.717, 1.165) is 13.0 Å². The summed E-state index contributed by atoms with van der Waals surface area (Å²) in [6.45, 7) is 9.73. The summed E-state index contributed by atoms with van der Waals surface area (Å²) in [5.41, 5.74) is 1.84. The summed E-state index contributed by atoms with van der Waals surface area (Å²) < 4.78 is 5.85. The smallest absolute Gasteiger partial charge is 0.0895 e. The van der Waals surface area contributed by atoms with Crippen LogP contribution in [0.4, 0.5) is 0 Å². The highest BCUT2D eigenvalue weighted by atomic mass is 16.5. The maximum atomic E-state index is 5.85. The largest absolute Gasteiger partial charge is 0.371 e. The lowest BCUT2D eigenvalue weighted by Gasteiger charge is -2.25. The molecule has 1 aliphatic heterocycles. The predicted molar refractivity (Wildman–Crippen MR) is 50.1 cm³/mol. The van der Waals surface area contributed by atoms with Gasteiger partial charge in [-0.05, 0) is 36.7 Å². The summed E-state index contributed by atoms with van der Waals surface area (Å²) in [6.07, 6.45) is 4.75. The van der Waals surface area contributed by atoms with Gasteiger partial charge in [-0.3, -0.25) is 0 Å². The van der Waals surface area contributed by atoms with Crippen molar-refractivity contribution in [3.8, 4) is 0 Å². The van der Waals surface area contributed by atoms with Crippen LogP contribution >= 0.6 is 0 Å². The van der Waals surface area contributed by atoms with Crippen molar-refractivity contribution < 1.29 is 4.74 Å².